The molecule has 0 spiro atoms. The summed E-state index contributed by atoms with van der Waals surface area (Å²) < 4.78 is 10.5. The van der Waals surface area contributed by atoms with Crippen LogP contribution in [0.2, 0.25) is 0 Å². The number of ketones is 1. The molecule has 0 aliphatic carbocycles. The van der Waals surface area contributed by atoms with Gasteiger partial charge in [0.1, 0.15) is 17.3 Å². The maximum absolute atomic E-state index is 13.0. The number of likely N-dealkylation sites (N-methyl/N-ethyl adjacent to an activating group) is 1. The molecule has 158 valence electrons. The van der Waals surface area contributed by atoms with Crippen LogP contribution in [0, 0.1) is 0 Å². The Hall–Kier alpha value is -3.32. The summed E-state index contributed by atoms with van der Waals surface area (Å²) in [6.45, 7) is 0.918. The van der Waals surface area contributed by atoms with Crippen molar-refractivity contribution in [1.29, 1.82) is 0 Å². The van der Waals surface area contributed by atoms with E-state index in [0.29, 0.717) is 35.7 Å². The minimum absolute atomic E-state index is 0.0558. The number of aliphatic hydroxyl groups is 1. The molecule has 1 amide bonds. The van der Waals surface area contributed by atoms with Crippen LogP contribution in [0.4, 0.5) is 0 Å². The van der Waals surface area contributed by atoms with Gasteiger partial charge in [0.25, 0.3) is 11.7 Å². The zero-order valence-corrected chi connectivity index (χ0v) is 17.6. The molecule has 2 aromatic carbocycles. The molecule has 7 heteroatoms. The molecule has 2 aromatic rings. The largest absolute Gasteiger partial charge is 0.507 e. The second kappa shape index (κ2) is 9.00. The Kier molecular flexibility index (Phi) is 6.42. The van der Waals surface area contributed by atoms with Crippen molar-refractivity contribution in [2.45, 2.75) is 6.04 Å². The lowest BCUT2D eigenvalue weighted by atomic mass is 9.95. The van der Waals surface area contributed by atoms with Crippen LogP contribution in [0.5, 0.6) is 11.5 Å². The molecule has 1 atom stereocenters. The average molecular weight is 410 g/mol. The van der Waals surface area contributed by atoms with Gasteiger partial charge >= 0.3 is 0 Å². The highest BCUT2D eigenvalue weighted by molar-refractivity contribution is 6.46. The number of likely N-dealkylation sites (tertiary alicyclic amines) is 1. The topological polar surface area (TPSA) is 79.3 Å². The van der Waals surface area contributed by atoms with Crippen molar-refractivity contribution >= 4 is 17.4 Å². The summed E-state index contributed by atoms with van der Waals surface area (Å²) in [5.41, 5.74) is 1.16. The molecule has 1 aliphatic rings. The van der Waals surface area contributed by atoms with Crippen molar-refractivity contribution in [2.75, 3.05) is 41.4 Å². The van der Waals surface area contributed by atoms with Crippen LogP contribution in [-0.2, 0) is 9.59 Å². The van der Waals surface area contributed by atoms with Gasteiger partial charge in [-0.25, -0.2) is 0 Å². The normalized spacial score (nSPS) is 18.2. The number of benzene rings is 2. The first-order valence-electron chi connectivity index (χ1n) is 9.59. The minimum atomic E-state index is -0.716. The SMILES string of the molecule is COc1cccc(/C(O)=C2\C(=O)C(=O)N(CCN(C)C)C2c2cccc(OC)c2)c1. The Morgan fingerprint density at radius 2 is 1.67 bits per heavy atom. The summed E-state index contributed by atoms with van der Waals surface area (Å²) >= 11 is 0. The van der Waals surface area contributed by atoms with Gasteiger partial charge in [-0.1, -0.05) is 24.3 Å². The quantitative estimate of drug-likeness (QED) is 0.430. The van der Waals surface area contributed by atoms with Crippen LogP contribution in [-0.4, -0.2) is 68.0 Å². The highest BCUT2D eigenvalue weighted by Crippen LogP contribution is 2.40. The van der Waals surface area contributed by atoms with Crippen molar-refractivity contribution < 1.29 is 24.2 Å². The van der Waals surface area contributed by atoms with Crippen LogP contribution in [0.1, 0.15) is 17.2 Å². The van der Waals surface area contributed by atoms with E-state index >= 15 is 0 Å². The van der Waals surface area contributed by atoms with Gasteiger partial charge in [0.2, 0.25) is 0 Å². The maximum atomic E-state index is 13.0. The van der Waals surface area contributed by atoms with E-state index in [-0.39, 0.29) is 11.3 Å². The van der Waals surface area contributed by atoms with Crippen molar-refractivity contribution in [1.82, 2.24) is 9.80 Å². The number of Topliss-reactive ketones (excluding diaryl/α,β-unsaturated/α-hetero) is 1. The molecule has 0 bridgehead atoms. The number of aliphatic hydroxyl groups excluding tert-OH is 1. The Bertz CT molecular complexity index is 983. The Morgan fingerprint density at radius 1 is 1.03 bits per heavy atom. The highest BCUT2D eigenvalue weighted by atomic mass is 16.5. The molecule has 0 radical (unpaired) electrons. The summed E-state index contributed by atoms with van der Waals surface area (Å²) in [4.78, 5) is 29.3. The molecular formula is C23H26N2O5. The van der Waals surface area contributed by atoms with Crippen LogP contribution in [0.15, 0.2) is 54.1 Å². The molecule has 0 saturated carbocycles. The van der Waals surface area contributed by atoms with Crippen LogP contribution in [0.25, 0.3) is 5.76 Å². The third kappa shape index (κ3) is 4.16. The fourth-order valence-corrected chi connectivity index (χ4v) is 3.50. The standard InChI is InChI=1S/C23H26N2O5/c1-24(2)11-12-25-20(15-7-5-9-17(13-15)29-3)19(22(27)23(25)28)21(26)16-8-6-10-18(14-16)30-4/h5-10,13-14,20,26H,11-12H2,1-4H3/b21-19+. The smallest absolute Gasteiger partial charge is 0.295 e. The van der Waals surface area contributed by atoms with E-state index in [1.165, 1.54) is 12.0 Å². The number of carbonyl (C=O) groups excluding carboxylic acids is 2. The van der Waals surface area contributed by atoms with Crippen molar-refractivity contribution in [2.24, 2.45) is 0 Å². The third-order valence-electron chi connectivity index (χ3n) is 5.08. The summed E-state index contributed by atoms with van der Waals surface area (Å²) in [5, 5.41) is 11.1. The van der Waals surface area contributed by atoms with Gasteiger partial charge in [0.05, 0.1) is 25.8 Å². The molecule has 3 rings (SSSR count). The summed E-state index contributed by atoms with van der Waals surface area (Å²) in [6.07, 6.45) is 0. The summed E-state index contributed by atoms with van der Waals surface area (Å²) in [6, 6.07) is 13.2. The predicted octanol–water partition coefficient (Wildman–Crippen LogP) is 2.69. The number of methoxy groups -OCH3 is 2. The van der Waals surface area contributed by atoms with Crippen LogP contribution in [0.3, 0.4) is 0 Å². The lowest BCUT2D eigenvalue weighted by Crippen LogP contribution is -2.35. The third-order valence-corrected chi connectivity index (χ3v) is 5.08. The van der Waals surface area contributed by atoms with E-state index in [9.17, 15) is 14.7 Å². The number of ether oxygens (including phenoxy) is 2. The zero-order valence-electron chi connectivity index (χ0n) is 17.6. The fourth-order valence-electron chi connectivity index (χ4n) is 3.50. The number of amides is 1. The number of nitrogens with zero attached hydrogens (tertiary/aromatic N) is 2. The first-order valence-corrected chi connectivity index (χ1v) is 9.59. The number of rotatable bonds is 7. The Morgan fingerprint density at radius 3 is 2.30 bits per heavy atom. The Labute approximate surface area is 176 Å². The molecule has 30 heavy (non-hydrogen) atoms. The fraction of sp³-hybridized carbons (Fsp3) is 0.304. The molecule has 1 saturated heterocycles. The molecule has 1 N–H and O–H groups in total. The van der Waals surface area contributed by atoms with Gasteiger partial charge in [-0.2, -0.15) is 0 Å². The second-order valence-corrected chi connectivity index (χ2v) is 7.30. The van der Waals surface area contributed by atoms with E-state index in [0.717, 1.165) is 0 Å². The van der Waals surface area contributed by atoms with E-state index in [1.54, 1.807) is 49.6 Å². The first kappa shape index (κ1) is 21.4. The predicted molar refractivity (Wildman–Crippen MR) is 114 cm³/mol. The zero-order chi connectivity index (χ0) is 21.8. The molecule has 1 unspecified atom stereocenters. The van der Waals surface area contributed by atoms with E-state index in [1.807, 2.05) is 25.1 Å². The average Bonchev–Trinajstić information content (AvgIpc) is 3.01. The van der Waals surface area contributed by atoms with Gasteiger partial charge in [-0.3, -0.25) is 9.59 Å². The van der Waals surface area contributed by atoms with E-state index in [2.05, 4.69) is 0 Å². The van der Waals surface area contributed by atoms with Gasteiger partial charge in [0.15, 0.2) is 0 Å². The van der Waals surface area contributed by atoms with E-state index in [4.69, 9.17) is 9.47 Å². The van der Waals surface area contributed by atoms with Gasteiger partial charge in [-0.15, -0.1) is 0 Å². The lowest BCUT2D eigenvalue weighted by Gasteiger charge is -2.26. The number of carbonyl (C=O) groups is 2. The maximum Gasteiger partial charge on any atom is 0.295 e. The van der Waals surface area contributed by atoms with Crippen LogP contribution >= 0.6 is 0 Å². The van der Waals surface area contributed by atoms with Crippen molar-refractivity contribution in [3.63, 3.8) is 0 Å². The number of hydrogen-bond acceptors (Lipinski definition) is 6. The lowest BCUT2D eigenvalue weighted by molar-refractivity contribution is -0.140. The van der Waals surface area contributed by atoms with Crippen molar-refractivity contribution in [3.05, 3.63) is 65.2 Å². The van der Waals surface area contributed by atoms with Gasteiger partial charge < -0.3 is 24.4 Å². The molecular weight excluding hydrogens is 384 g/mol. The molecule has 1 fully saturated rings. The highest BCUT2D eigenvalue weighted by Gasteiger charge is 2.46. The molecule has 0 aromatic heterocycles. The van der Waals surface area contributed by atoms with Gasteiger partial charge in [0, 0.05) is 18.7 Å². The van der Waals surface area contributed by atoms with Crippen molar-refractivity contribution in [3.8, 4) is 11.5 Å². The Balaban J connectivity index is 2.16. The second-order valence-electron chi connectivity index (χ2n) is 7.30. The van der Waals surface area contributed by atoms with Crippen LogP contribution < -0.4 is 9.47 Å². The summed E-state index contributed by atoms with van der Waals surface area (Å²) in [7, 11) is 6.87. The minimum Gasteiger partial charge on any atom is -0.507 e. The molecule has 7 nitrogen and oxygen atoms in total. The van der Waals surface area contributed by atoms with Gasteiger partial charge in [-0.05, 0) is 43.9 Å². The first-order chi connectivity index (χ1) is 14.4. The summed E-state index contributed by atoms with van der Waals surface area (Å²) in [5.74, 6) is -0.422. The molecule has 1 aliphatic heterocycles. The van der Waals surface area contributed by atoms with E-state index < -0.39 is 17.7 Å². The monoisotopic (exact) mass is 410 g/mol. The number of hydrogen-bond donors (Lipinski definition) is 1. The molecule has 1 heterocycles.